The summed E-state index contributed by atoms with van der Waals surface area (Å²) in [5.41, 5.74) is 11.3. The first kappa shape index (κ1) is 21.6. The third-order valence-corrected chi connectivity index (χ3v) is 6.08. The Bertz CT molecular complexity index is 1500. The van der Waals surface area contributed by atoms with Crippen molar-refractivity contribution in [3.63, 3.8) is 0 Å². The van der Waals surface area contributed by atoms with Crippen molar-refractivity contribution in [3.8, 4) is 22.6 Å². The number of nitrogens with two attached hydrogens (primary N) is 1. The maximum atomic E-state index is 12.3. The summed E-state index contributed by atoms with van der Waals surface area (Å²) < 4.78 is 13.4. The van der Waals surface area contributed by atoms with Gasteiger partial charge in [-0.25, -0.2) is 0 Å². The van der Waals surface area contributed by atoms with Crippen molar-refractivity contribution in [2.24, 2.45) is 5.73 Å². The molecular weight excluding hydrogens is 424 g/mol. The van der Waals surface area contributed by atoms with Crippen LogP contribution in [0.3, 0.4) is 0 Å². The average molecular weight is 450 g/mol. The summed E-state index contributed by atoms with van der Waals surface area (Å²) >= 11 is 0. The van der Waals surface area contributed by atoms with E-state index in [4.69, 9.17) is 15.2 Å². The summed E-state index contributed by atoms with van der Waals surface area (Å²) in [6, 6.07) is 29.2. The summed E-state index contributed by atoms with van der Waals surface area (Å²) in [6.07, 6.45) is 0. The Balaban J connectivity index is 1.75. The minimum Gasteiger partial charge on any atom is -0.497 e. The number of primary amides is 1. The Morgan fingerprint density at radius 1 is 0.971 bits per heavy atom. The van der Waals surface area contributed by atoms with E-state index in [0.717, 1.165) is 50.0 Å². The van der Waals surface area contributed by atoms with E-state index in [2.05, 4.69) is 22.8 Å². The van der Waals surface area contributed by atoms with Crippen molar-refractivity contribution in [3.05, 3.63) is 96.1 Å². The van der Waals surface area contributed by atoms with Crippen LogP contribution in [-0.4, -0.2) is 24.2 Å². The number of hydrogen-bond donors (Lipinski definition) is 1. The Hall–Kier alpha value is -4.25. The summed E-state index contributed by atoms with van der Waals surface area (Å²) in [5.74, 6) is 1.20. The molecule has 0 spiro atoms. The Morgan fingerprint density at radius 2 is 1.76 bits per heavy atom. The SMILES string of the molecule is CCOc1ccccc1Cn1c2cc(-c3ccc(OC)cc3)c[c]c2c2c(C(N)=O)cccc21. The van der Waals surface area contributed by atoms with Crippen LogP contribution in [0.25, 0.3) is 32.9 Å². The van der Waals surface area contributed by atoms with E-state index in [0.29, 0.717) is 18.7 Å². The molecule has 0 aliphatic carbocycles. The molecule has 5 rings (SSSR count). The van der Waals surface area contributed by atoms with Gasteiger partial charge in [0.1, 0.15) is 11.5 Å². The van der Waals surface area contributed by atoms with Crippen LogP contribution in [0.2, 0.25) is 0 Å². The number of aromatic nitrogens is 1. The molecule has 0 aliphatic rings. The lowest BCUT2D eigenvalue weighted by atomic mass is 10.0. The Labute approximate surface area is 198 Å². The zero-order chi connectivity index (χ0) is 23.7. The number of methoxy groups -OCH3 is 1. The number of amides is 1. The van der Waals surface area contributed by atoms with Crippen LogP contribution in [-0.2, 0) is 6.54 Å². The molecule has 0 unspecified atom stereocenters. The van der Waals surface area contributed by atoms with Gasteiger partial charge in [-0.15, -0.1) is 0 Å². The zero-order valence-electron chi connectivity index (χ0n) is 19.2. The molecule has 0 aliphatic heterocycles. The second kappa shape index (κ2) is 8.94. The lowest BCUT2D eigenvalue weighted by Crippen LogP contribution is -2.11. The highest BCUT2D eigenvalue weighted by molar-refractivity contribution is 6.18. The molecule has 5 nitrogen and oxygen atoms in total. The van der Waals surface area contributed by atoms with E-state index in [-0.39, 0.29) is 0 Å². The van der Waals surface area contributed by atoms with E-state index in [1.807, 2.05) is 67.6 Å². The molecule has 5 aromatic rings. The maximum absolute atomic E-state index is 12.3. The van der Waals surface area contributed by atoms with Gasteiger partial charge >= 0.3 is 0 Å². The van der Waals surface area contributed by atoms with Gasteiger partial charge in [0.25, 0.3) is 0 Å². The van der Waals surface area contributed by atoms with Gasteiger partial charge in [-0.1, -0.05) is 36.4 Å². The first-order chi connectivity index (χ1) is 16.6. The molecule has 2 N–H and O–H groups in total. The number of hydrogen-bond acceptors (Lipinski definition) is 3. The first-order valence-corrected chi connectivity index (χ1v) is 11.2. The molecule has 1 amide bonds. The van der Waals surface area contributed by atoms with Gasteiger partial charge in [0.05, 0.1) is 31.3 Å². The van der Waals surface area contributed by atoms with Gasteiger partial charge in [-0.05, 0) is 66.6 Å². The van der Waals surface area contributed by atoms with Crippen LogP contribution in [0.4, 0.5) is 0 Å². The Kier molecular flexibility index (Phi) is 5.68. The predicted octanol–water partition coefficient (Wildman–Crippen LogP) is 5.82. The number of fused-ring (bicyclic) bond motifs is 3. The molecule has 5 heteroatoms. The lowest BCUT2D eigenvalue weighted by Gasteiger charge is -2.13. The van der Waals surface area contributed by atoms with Crippen molar-refractivity contribution in [2.75, 3.05) is 13.7 Å². The molecule has 0 bridgehead atoms. The van der Waals surface area contributed by atoms with Gasteiger partial charge in [0.2, 0.25) is 5.91 Å². The van der Waals surface area contributed by atoms with Crippen molar-refractivity contribution in [1.29, 1.82) is 0 Å². The fourth-order valence-corrected chi connectivity index (χ4v) is 4.48. The second-order valence-corrected chi connectivity index (χ2v) is 8.07. The number of benzene rings is 4. The molecule has 1 radical (unpaired) electrons. The third kappa shape index (κ3) is 3.75. The molecule has 0 atom stereocenters. The number of ether oxygens (including phenoxy) is 2. The smallest absolute Gasteiger partial charge is 0.249 e. The molecule has 0 saturated carbocycles. The van der Waals surface area contributed by atoms with Crippen molar-refractivity contribution in [2.45, 2.75) is 13.5 Å². The van der Waals surface area contributed by atoms with E-state index >= 15 is 0 Å². The quantitative estimate of drug-likeness (QED) is 0.341. The average Bonchev–Trinajstić information content (AvgIpc) is 3.18. The highest BCUT2D eigenvalue weighted by Gasteiger charge is 2.18. The van der Waals surface area contributed by atoms with Gasteiger partial charge in [0, 0.05) is 21.9 Å². The van der Waals surface area contributed by atoms with E-state index < -0.39 is 5.91 Å². The van der Waals surface area contributed by atoms with E-state index in [1.165, 1.54) is 0 Å². The number of nitrogens with zero attached hydrogens (tertiary/aromatic N) is 1. The number of carbonyl (C=O) groups excluding carboxylic acids is 1. The Morgan fingerprint density at radius 3 is 2.50 bits per heavy atom. The largest absolute Gasteiger partial charge is 0.497 e. The normalized spacial score (nSPS) is 11.1. The molecular formula is C29H25N2O3. The van der Waals surface area contributed by atoms with Crippen molar-refractivity contribution < 1.29 is 14.3 Å². The molecule has 1 heterocycles. The lowest BCUT2D eigenvalue weighted by molar-refractivity contribution is 0.100. The van der Waals surface area contributed by atoms with Crippen LogP contribution in [0.15, 0.2) is 78.9 Å². The summed E-state index contributed by atoms with van der Waals surface area (Å²) in [6.45, 7) is 3.15. The second-order valence-electron chi connectivity index (χ2n) is 8.07. The summed E-state index contributed by atoms with van der Waals surface area (Å²) in [4.78, 5) is 12.3. The maximum Gasteiger partial charge on any atom is 0.249 e. The zero-order valence-corrected chi connectivity index (χ0v) is 19.2. The highest BCUT2D eigenvalue weighted by Crippen LogP contribution is 2.35. The van der Waals surface area contributed by atoms with Crippen LogP contribution in [0, 0.1) is 6.07 Å². The number of rotatable bonds is 7. The standard InChI is InChI=1S/C29H25N2O3/c1-3-34-27-10-5-4-7-21(27)18-31-25-9-6-8-24(29(30)32)28(25)23-16-13-20(17-26(23)31)19-11-14-22(33-2)15-12-19/h4-15,17H,3,18H2,1-2H3,(H2,30,32). The monoisotopic (exact) mass is 449 g/mol. The molecule has 0 saturated heterocycles. The molecule has 4 aromatic carbocycles. The van der Waals surface area contributed by atoms with Gasteiger partial charge in [-0.3, -0.25) is 4.79 Å². The first-order valence-electron chi connectivity index (χ1n) is 11.2. The fraction of sp³-hybridized carbons (Fsp3) is 0.138. The highest BCUT2D eigenvalue weighted by atomic mass is 16.5. The van der Waals surface area contributed by atoms with Gasteiger partial charge in [0.15, 0.2) is 0 Å². The van der Waals surface area contributed by atoms with Crippen molar-refractivity contribution in [1.82, 2.24) is 4.57 Å². The molecule has 34 heavy (non-hydrogen) atoms. The molecule has 169 valence electrons. The third-order valence-electron chi connectivity index (χ3n) is 6.08. The van der Waals surface area contributed by atoms with Crippen LogP contribution in [0.1, 0.15) is 22.8 Å². The van der Waals surface area contributed by atoms with Crippen LogP contribution in [0.5, 0.6) is 11.5 Å². The topological polar surface area (TPSA) is 66.5 Å². The molecule has 0 fully saturated rings. The molecule has 1 aromatic heterocycles. The van der Waals surface area contributed by atoms with Gasteiger partial charge in [-0.2, -0.15) is 0 Å². The van der Waals surface area contributed by atoms with E-state index in [1.54, 1.807) is 13.2 Å². The van der Waals surface area contributed by atoms with E-state index in [9.17, 15) is 4.79 Å². The van der Waals surface area contributed by atoms with Crippen LogP contribution < -0.4 is 15.2 Å². The van der Waals surface area contributed by atoms with Crippen molar-refractivity contribution >= 4 is 27.7 Å². The van der Waals surface area contributed by atoms with Gasteiger partial charge < -0.3 is 19.8 Å². The number of para-hydroxylation sites is 1. The minimum atomic E-state index is -0.452. The predicted molar refractivity (Wildman–Crippen MR) is 135 cm³/mol. The van der Waals surface area contributed by atoms with Crippen LogP contribution >= 0.6 is 0 Å². The summed E-state index contributed by atoms with van der Waals surface area (Å²) in [5, 5.41) is 1.69. The minimum absolute atomic E-state index is 0.452. The number of carbonyl (C=O) groups is 1. The fourth-order valence-electron chi connectivity index (χ4n) is 4.48. The summed E-state index contributed by atoms with van der Waals surface area (Å²) in [7, 11) is 1.66.